The van der Waals surface area contributed by atoms with E-state index in [1.165, 1.54) is 0 Å². The first-order valence-electron chi connectivity index (χ1n) is 4.54. The van der Waals surface area contributed by atoms with E-state index < -0.39 is 9.84 Å². The van der Waals surface area contributed by atoms with Crippen LogP contribution in [0.1, 0.15) is 13.8 Å². The molecule has 0 aromatic carbocycles. The Morgan fingerprint density at radius 2 is 1.85 bits per heavy atom. The SMILES string of the molecule is CCN(CCCl)CCS(=O)(=O)CC. The molecule has 0 aliphatic carbocycles. The average Bonchev–Trinajstić information content (AvgIpc) is 2.12. The van der Waals surface area contributed by atoms with Crippen molar-refractivity contribution in [2.75, 3.05) is 37.0 Å². The van der Waals surface area contributed by atoms with Crippen LogP contribution in [0, 0.1) is 0 Å². The normalized spacial score (nSPS) is 12.3. The predicted octanol–water partition coefficient (Wildman–Crippen LogP) is 0.982. The molecule has 0 amide bonds. The van der Waals surface area contributed by atoms with Crippen molar-refractivity contribution in [1.29, 1.82) is 0 Å². The van der Waals surface area contributed by atoms with E-state index >= 15 is 0 Å². The van der Waals surface area contributed by atoms with E-state index in [4.69, 9.17) is 11.6 Å². The third-order valence-electron chi connectivity index (χ3n) is 2.01. The first-order chi connectivity index (χ1) is 6.05. The maximum Gasteiger partial charge on any atom is 0.151 e. The minimum Gasteiger partial charge on any atom is -0.301 e. The summed E-state index contributed by atoms with van der Waals surface area (Å²) in [4.78, 5) is 2.04. The highest BCUT2D eigenvalue weighted by Gasteiger charge is 2.09. The van der Waals surface area contributed by atoms with Crippen LogP contribution >= 0.6 is 11.6 Å². The highest BCUT2D eigenvalue weighted by molar-refractivity contribution is 7.91. The molecule has 13 heavy (non-hydrogen) atoms. The Morgan fingerprint density at radius 1 is 1.23 bits per heavy atom. The summed E-state index contributed by atoms with van der Waals surface area (Å²) in [6.07, 6.45) is 0. The zero-order chi connectivity index (χ0) is 10.3. The molecule has 0 aromatic heterocycles. The molecule has 0 fully saturated rings. The lowest BCUT2D eigenvalue weighted by atomic mass is 10.5. The van der Waals surface area contributed by atoms with Crippen LogP contribution in [0.15, 0.2) is 0 Å². The van der Waals surface area contributed by atoms with Crippen LogP contribution in [0.4, 0.5) is 0 Å². The van der Waals surface area contributed by atoms with Crippen molar-refractivity contribution >= 4 is 21.4 Å². The third kappa shape index (κ3) is 6.29. The fourth-order valence-electron chi connectivity index (χ4n) is 0.960. The highest BCUT2D eigenvalue weighted by atomic mass is 35.5. The molecule has 0 spiro atoms. The Morgan fingerprint density at radius 3 is 2.23 bits per heavy atom. The first-order valence-corrected chi connectivity index (χ1v) is 6.90. The molecular weight excluding hydrogens is 210 g/mol. The monoisotopic (exact) mass is 227 g/mol. The molecule has 0 aromatic rings. The lowest BCUT2D eigenvalue weighted by molar-refractivity contribution is 0.323. The van der Waals surface area contributed by atoms with Crippen molar-refractivity contribution < 1.29 is 8.42 Å². The number of nitrogens with zero attached hydrogens (tertiary/aromatic N) is 1. The molecule has 0 N–H and O–H groups in total. The third-order valence-corrected chi connectivity index (χ3v) is 3.86. The van der Waals surface area contributed by atoms with Crippen LogP contribution in [0.5, 0.6) is 0 Å². The van der Waals surface area contributed by atoms with Gasteiger partial charge < -0.3 is 4.90 Å². The van der Waals surface area contributed by atoms with Gasteiger partial charge in [-0.05, 0) is 6.54 Å². The second-order valence-electron chi connectivity index (χ2n) is 2.86. The zero-order valence-corrected chi connectivity index (χ0v) is 9.86. The topological polar surface area (TPSA) is 37.4 Å². The smallest absolute Gasteiger partial charge is 0.151 e. The van der Waals surface area contributed by atoms with Gasteiger partial charge in [-0.1, -0.05) is 13.8 Å². The van der Waals surface area contributed by atoms with Gasteiger partial charge in [-0.2, -0.15) is 0 Å². The Kier molecular flexibility index (Phi) is 6.73. The van der Waals surface area contributed by atoms with Crippen molar-refractivity contribution in [3.8, 4) is 0 Å². The summed E-state index contributed by atoms with van der Waals surface area (Å²) in [6, 6.07) is 0. The minimum atomic E-state index is -2.83. The number of halogens is 1. The van der Waals surface area contributed by atoms with Gasteiger partial charge in [-0.3, -0.25) is 0 Å². The van der Waals surface area contributed by atoms with E-state index in [0.717, 1.165) is 13.1 Å². The van der Waals surface area contributed by atoms with Crippen molar-refractivity contribution in [2.24, 2.45) is 0 Å². The van der Waals surface area contributed by atoms with Crippen molar-refractivity contribution in [3.05, 3.63) is 0 Å². The summed E-state index contributed by atoms with van der Waals surface area (Å²) >= 11 is 5.57. The molecule has 80 valence electrons. The summed E-state index contributed by atoms with van der Waals surface area (Å²) in [7, 11) is -2.83. The van der Waals surface area contributed by atoms with Gasteiger partial charge in [0.25, 0.3) is 0 Å². The van der Waals surface area contributed by atoms with E-state index in [0.29, 0.717) is 12.4 Å². The van der Waals surface area contributed by atoms with Gasteiger partial charge in [0, 0.05) is 24.7 Å². The van der Waals surface area contributed by atoms with Gasteiger partial charge in [-0.15, -0.1) is 11.6 Å². The van der Waals surface area contributed by atoms with E-state index in [2.05, 4.69) is 0 Å². The maximum atomic E-state index is 11.2. The molecule has 0 rings (SSSR count). The number of rotatable bonds is 7. The summed E-state index contributed by atoms with van der Waals surface area (Å²) in [5.74, 6) is 1.03. The minimum absolute atomic E-state index is 0.228. The van der Waals surface area contributed by atoms with Crippen LogP contribution < -0.4 is 0 Å². The van der Waals surface area contributed by atoms with E-state index in [-0.39, 0.29) is 11.5 Å². The quantitative estimate of drug-likeness (QED) is 0.609. The summed E-state index contributed by atoms with van der Waals surface area (Å²) in [6.45, 7) is 5.89. The van der Waals surface area contributed by atoms with Gasteiger partial charge in [0.15, 0.2) is 9.84 Å². The van der Waals surface area contributed by atoms with Crippen LogP contribution in [0.3, 0.4) is 0 Å². The first kappa shape index (κ1) is 13.2. The van der Waals surface area contributed by atoms with E-state index in [9.17, 15) is 8.42 Å². The van der Waals surface area contributed by atoms with Gasteiger partial charge >= 0.3 is 0 Å². The van der Waals surface area contributed by atoms with Crippen LogP contribution in [0.2, 0.25) is 0 Å². The van der Waals surface area contributed by atoms with Crippen LogP contribution in [0.25, 0.3) is 0 Å². The zero-order valence-electron chi connectivity index (χ0n) is 8.29. The summed E-state index contributed by atoms with van der Waals surface area (Å²) < 4.78 is 22.3. The van der Waals surface area contributed by atoms with Crippen molar-refractivity contribution in [2.45, 2.75) is 13.8 Å². The molecule has 3 nitrogen and oxygen atoms in total. The molecule has 0 unspecified atom stereocenters. The molecule has 0 atom stereocenters. The highest BCUT2D eigenvalue weighted by Crippen LogP contribution is 1.94. The second kappa shape index (κ2) is 6.62. The molecular formula is C8H18ClNO2S. The van der Waals surface area contributed by atoms with Crippen molar-refractivity contribution in [1.82, 2.24) is 4.90 Å². The summed E-state index contributed by atoms with van der Waals surface area (Å²) in [5.41, 5.74) is 0. The Balaban J connectivity index is 3.84. The number of hydrogen-bond donors (Lipinski definition) is 0. The van der Waals surface area contributed by atoms with Gasteiger partial charge in [0.05, 0.1) is 5.75 Å². The number of alkyl halides is 1. The Hall–Kier alpha value is 0.200. The van der Waals surface area contributed by atoms with Crippen molar-refractivity contribution in [3.63, 3.8) is 0 Å². The number of hydrogen-bond acceptors (Lipinski definition) is 3. The molecule has 0 radical (unpaired) electrons. The lowest BCUT2D eigenvalue weighted by Crippen LogP contribution is -2.31. The predicted molar refractivity (Wildman–Crippen MR) is 57.2 cm³/mol. The molecule has 0 aliphatic rings. The molecule has 0 heterocycles. The van der Waals surface area contributed by atoms with Gasteiger partial charge in [0.2, 0.25) is 0 Å². The molecule has 0 aliphatic heterocycles. The van der Waals surface area contributed by atoms with Crippen LogP contribution in [-0.4, -0.2) is 50.3 Å². The molecule has 5 heteroatoms. The second-order valence-corrected chi connectivity index (χ2v) is 5.71. The Labute approximate surface area is 86.0 Å². The van der Waals surface area contributed by atoms with E-state index in [1.54, 1.807) is 6.92 Å². The molecule has 0 saturated carbocycles. The lowest BCUT2D eigenvalue weighted by Gasteiger charge is -2.18. The molecule has 0 saturated heterocycles. The maximum absolute atomic E-state index is 11.2. The standard InChI is InChI=1S/C8H18ClNO2S/c1-3-10(6-5-9)7-8-13(11,12)4-2/h3-8H2,1-2H3. The van der Waals surface area contributed by atoms with Gasteiger partial charge in [-0.25, -0.2) is 8.42 Å². The Bertz CT molecular complexity index is 216. The number of sulfone groups is 1. The van der Waals surface area contributed by atoms with E-state index in [1.807, 2.05) is 11.8 Å². The fourth-order valence-corrected chi connectivity index (χ4v) is 2.02. The average molecular weight is 228 g/mol. The molecule has 0 bridgehead atoms. The van der Waals surface area contributed by atoms with Gasteiger partial charge in [0.1, 0.15) is 0 Å². The van der Waals surface area contributed by atoms with Crippen LogP contribution in [-0.2, 0) is 9.84 Å². The largest absolute Gasteiger partial charge is 0.301 e. The fraction of sp³-hybridized carbons (Fsp3) is 1.00. The summed E-state index contributed by atoms with van der Waals surface area (Å²) in [5, 5.41) is 0.